The first-order valence-corrected chi connectivity index (χ1v) is 8.96. The molecule has 0 radical (unpaired) electrons. The summed E-state index contributed by atoms with van der Waals surface area (Å²) in [5, 5.41) is 15.5. The summed E-state index contributed by atoms with van der Waals surface area (Å²) < 4.78 is 23.0. The molecular formula is C15H15Cl2N3O3S. The topological polar surface area (TPSA) is 96.0 Å². The van der Waals surface area contributed by atoms with Crippen molar-refractivity contribution < 1.29 is 13.5 Å². The summed E-state index contributed by atoms with van der Waals surface area (Å²) in [5.74, 6) is -0.168. The fraction of sp³-hybridized carbons (Fsp3) is 0.133. The molecule has 2 rings (SSSR count). The van der Waals surface area contributed by atoms with E-state index in [4.69, 9.17) is 28.3 Å². The van der Waals surface area contributed by atoms with Crippen LogP contribution < -0.4 is 10.0 Å². The molecule has 3 N–H and O–H groups in total. The van der Waals surface area contributed by atoms with E-state index in [0.29, 0.717) is 22.0 Å². The zero-order valence-corrected chi connectivity index (χ0v) is 15.2. The van der Waals surface area contributed by atoms with Gasteiger partial charge in [-0.05, 0) is 30.3 Å². The Morgan fingerprint density at radius 1 is 1.21 bits per heavy atom. The maximum atomic E-state index is 11.5. The van der Waals surface area contributed by atoms with Crippen LogP contribution in [-0.2, 0) is 10.0 Å². The summed E-state index contributed by atoms with van der Waals surface area (Å²) in [4.78, 5) is 5.96. The van der Waals surface area contributed by atoms with Crippen molar-refractivity contribution in [2.75, 3.05) is 19.0 Å². The van der Waals surface area contributed by atoms with Gasteiger partial charge in [-0.15, -0.1) is 0 Å². The highest BCUT2D eigenvalue weighted by atomic mass is 35.5. The zero-order valence-electron chi connectivity index (χ0n) is 12.9. The van der Waals surface area contributed by atoms with Crippen molar-refractivity contribution in [2.24, 2.45) is 10.1 Å². The lowest BCUT2D eigenvalue weighted by atomic mass is 10.2. The summed E-state index contributed by atoms with van der Waals surface area (Å²) in [6.45, 7) is 0. The Morgan fingerprint density at radius 3 is 2.46 bits per heavy atom. The van der Waals surface area contributed by atoms with Crippen LogP contribution in [0.1, 0.15) is 5.56 Å². The zero-order chi connectivity index (χ0) is 18.1. The standard InChI is InChI=1S/C15H15Cl2N3O3S/c1-20(2)14-4-3-11(24(18,22)23)7-13(14)19-8-9-5-10(16)6-12(17)15(9)21/h3-8,21H,1-2H3,(H2,18,22,23). The van der Waals surface area contributed by atoms with Crippen LogP contribution in [0.4, 0.5) is 11.4 Å². The highest BCUT2D eigenvalue weighted by Crippen LogP contribution is 2.32. The van der Waals surface area contributed by atoms with Crippen molar-refractivity contribution in [1.29, 1.82) is 0 Å². The van der Waals surface area contributed by atoms with Gasteiger partial charge in [0.2, 0.25) is 10.0 Å². The van der Waals surface area contributed by atoms with Crippen LogP contribution in [-0.4, -0.2) is 33.8 Å². The molecule has 0 saturated carbocycles. The first-order valence-electron chi connectivity index (χ1n) is 6.66. The summed E-state index contributed by atoms with van der Waals surface area (Å²) >= 11 is 11.8. The van der Waals surface area contributed by atoms with Crippen molar-refractivity contribution >= 4 is 50.8 Å². The van der Waals surface area contributed by atoms with E-state index in [-0.39, 0.29) is 15.7 Å². The molecule has 0 bridgehead atoms. The second-order valence-corrected chi connectivity index (χ2v) is 7.58. The Bertz CT molecular complexity index is 912. The first-order chi connectivity index (χ1) is 11.1. The van der Waals surface area contributed by atoms with Crippen LogP contribution in [0.15, 0.2) is 40.2 Å². The van der Waals surface area contributed by atoms with Gasteiger partial charge in [0.25, 0.3) is 0 Å². The van der Waals surface area contributed by atoms with Gasteiger partial charge < -0.3 is 10.0 Å². The average Bonchev–Trinajstić information content (AvgIpc) is 2.48. The average molecular weight is 388 g/mol. The fourth-order valence-corrected chi connectivity index (χ4v) is 3.03. The number of nitrogens with two attached hydrogens (primary N) is 1. The normalized spacial score (nSPS) is 11.9. The third-order valence-corrected chi connectivity index (χ3v) is 4.57. The van der Waals surface area contributed by atoms with Crippen LogP contribution in [0.3, 0.4) is 0 Å². The number of hydrogen-bond donors (Lipinski definition) is 2. The molecule has 128 valence electrons. The third-order valence-electron chi connectivity index (χ3n) is 3.16. The molecule has 0 unspecified atom stereocenters. The van der Waals surface area contributed by atoms with E-state index in [2.05, 4.69) is 4.99 Å². The molecule has 24 heavy (non-hydrogen) atoms. The number of primary sulfonamides is 1. The molecule has 0 atom stereocenters. The van der Waals surface area contributed by atoms with Gasteiger partial charge in [-0.25, -0.2) is 13.6 Å². The number of rotatable bonds is 4. The number of sulfonamides is 1. The fourth-order valence-electron chi connectivity index (χ4n) is 1.99. The Morgan fingerprint density at radius 2 is 1.88 bits per heavy atom. The van der Waals surface area contributed by atoms with Crippen LogP contribution in [0.25, 0.3) is 0 Å². The van der Waals surface area contributed by atoms with E-state index in [0.717, 1.165) is 0 Å². The van der Waals surface area contributed by atoms with E-state index < -0.39 is 10.0 Å². The van der Waals surface area contributed by atoms with E-state index in [1.807, 2.05) is 0 Å². The van der Waals surface area contributed by atoms with Crippen LogP contribution in [0.2, 0.25) is 10.0 Å². The lowest BCUT2D eigenvalue weighted by Gasteiger charge is -2.15. The van der Waals surface area contributed by atoms with Crippen LogP contribution >= 0.6 is 23.2 Å². The van der Waals surface area contributed by atoms with Crippen molar-refractivity contribution in [3.05, 3.63) is 45.9 Å². The molecule has 0 spiro atoms. The van der Waals surface area contributed by atoms with Gasteiger partial charge in [0.05, 0.1) is 21.3 Å². The molecule has 0 fully saturated rings. The SMILES string of the molecule is CN(C)c1ccc(S(N)(=O)=O)cc1N=Cc1cc(Cl)cc(Cl)c1O. The van der Waals surface area contributed by atoms with E-state index >= 15 is 0 Å². The molecule has 2 aromatic carbocycles. The summed E-state index contributed by atoms with van der Waals surface area (Å²) in [6, 6.07) is 7.24. The van der Waals surface area contributed by atoms with Gasteiger partial charge >= 0.3 is 0 Å². The first kappa shape index (κ1) is 18.5. The molecule has 0 aromatic heterocycles. The van der Waals surface area contributed by atoms with Crippen molar-refractivity contribution in [3.63, 3.8) is 0 Å². The predicted molar refractivity (Wildman–Crippen MR) is 97.5 cm³/mol. The molecule has 2 aromatic rings. The number of aliphatic imine (C=N–C) groups is 1. The molecule has 6 nitrogen and oxygen atoms in total. The van der Waals surface area contributed by atoms with Crippen LogP contribution in [0.5, 0.6) is 5.75 Å². The molecule has 0 heterocycles. The Kier molecular flexibility index (Phi) is 5.39. The number of nitrogens with zero attached hydrogens (tertiary/aromatic N) is 2. The Labute approximate surface area is 150 Å². The third kappa shape index (κ3) is 4.18. The molecule has 0 aliphatic rings. The van der Waals surface area contributed by atoms with E-state index in [1.54, 1.807) is 25.1 Å². The van der Waals surface area contributed by atoms with Gasteiger partial charge in [0.15, 0.2) is 0 Å². The molecule has 0 amide bonds. The van der Waals surface area contributed by atoms with Gasteiger partial charge in [-0.3, -0.25) is 4.99 Å². The largest absolute Gasteiger partial charge is 0.506 e. The number of hydrogen-bond acceptors (Lipinski definition) is 5. The second kappa shape index (κ2) is 6.98. The lowest BCUT2D eigenvalue weighted by molar-refractivity contribution is 0.475. The molecular weight excluding hydrogens is 373 g/mol. The number of halogens is 2. The number of phenols is 1. The summed E-state index contributed by atoms with van der Waals surface area (Å²) in [6.07, 6.45) is 1.35. The maximum absolute atomic E-state index is 11.5. The molecule has 0 aliphatic heterocycles. The summed E-state index contributed by atoms with van der Waals surface area (Å²) in [7, 11) is -0.276. The van der Waals surface area contributed by atoms with Crippen LogP contribution in [0, 0.1) is 0 Å². The number of anilines is 1. The number of phenolic OH excluding ortho intramolecular Hbond substituents is 1. The smallest absolute Gasteiger partial charge is 0.238 e. The van der Waals surface area contributed by atoms with E-state index in [9.17, 15) is 13.5 Å². The van der Waals surface area contributed by atoms with Gasteiger partial charge in [-0.1, -0.05) is 23.2 Å². The molecule has 9 heteroatoms. The van der Waals surface area contributed by atoms with E-state index in [1.165, 1.54) is 30.5 Å². The number of aromatic hydroxyl groups is 1. The van der Waals surface area contributed by atoms with Gasteiger partial charge in [0, 0.05) is 30.9 Å². The van der Waals surface area contributed by atoms with Gasteiger partial charge in [0.1, 0.15) is 5.75 Å². The second-order valence-electron chi connectivity index (χ2n) is 5.17. The lowest BCUT2D eigenvalue weighted by Crippen LogP contribution is -2.13. The predicted octanol–water partition coefficient (Wildman–Crippen LogP) is 3.16. The number of benzene rings is 2. The monoisotopic (exact) mass is 387 g/mol. The minimum Gasteiger partial charge on any atom is -0.506 e. The Hall–Kier alpha value is -1.80. The van der Waals surface area contributed by atoms with Crippen molar-refractivity contribution in [3.8, 4) is 5.75 Å². The summed E-state index contributed by atoms with van der Waals surface area (Å²) in [5.41, 5.74) is 1.34. The molecule has 0 aliphatic carbocycles. The maximum Gasteiger partial charge on any atom is 0.238 e. The highest BCUT2D eigenvalue weighted by Gasteiger charge is 2.13. The van der Waals surface area contributed by atoms with Crippen molar-refractivity contribution in [1.82, 2.24) is 0 Å². The highest BCUT2D eigenvalue weighted by molar-refractivity contribution is 7.89. The quantitative estimate of drug-likeness (QED) is 0.787. The van der Waals surface area contributed by atoms with Gasteiger partial charge in [-0.2, -0.15) is 0 Å². The minimum atomic E-state index is -3.86. The Balaban J connectivity index is 2.55. The minimum absolute atomic E-state index is 0.0615. The van der Waals surface area contributed by atoms with Crippen molar-refractivity contribution in [2.45, 2.75) is 4.90 Å². The molecule has 0 saturated heterocycles.